The Morgan fingerprint density at radius 1 is 1.00 bits per heavy atom. The molecule has 2 aromatic carbocycles. The zero-order valence-electron chi connectivity index (χ0n) is 15.1. The molecule has 1 fully saturated rings. The maximum Gasteiger partial charge on any atom is 0.251 e. The van der Waals surface area contributed by atoms with Gasteiger partial charge in [0, 0.05) is 30.8 Å². The van der Waals surface area contributed by atoms with Gasteiger partial charge < -0.3 is 16.0 Å². The molecule has 0 aliphatic carbocycles. The van der Waals surface area contributed by atoms with Gasteiger partial charge in [-0.05, 0) is 67.3 Å². The summed E-state index contributed by atoms with van der Waals surface area (Å²) in [6, 6.07) is 13.1. The number of amides is 2. The molecule has 1 saturated heterocycles. The molecule has 27 heavy (non-hydrogen) atoms. The van der Waals surface area contributed by atoms with Crippen molar-refractivity contribution in [1.29, 1.82) is 0 Å². The first-order chi connectivity index (χ1) is 13.1. The highest BCUT2D eigenvalue weighted by Gasteiger charge is 2.16. The number of rotatable bonds is 6. The van der Waals surface area contributed by atoms with Crippen LogP contribution in [0.15, 0.2) is 48.5 Å². The van der Waals surface area contributed by atoms with Crippen molar-refractivity contribution in [2.75, 3.05) is 26.2 Å². The predicted octanol–water partition coefficient (Wildman–Crippen LogP) is 2.45. The molecule has 1 aliphatic heterocycles. The van der Waals surface area contributed by atoms with E-state index in [-0.39, 0.29) is 17.6 Å². The normalized spacial score (nSPS) is 16.6. The average Bonchev–Trinajstić information content (AvgIpc) is 2.72. The molecule has 5 nitrogen and oxygen atoms in total. The fourth-order valence-electron chi connectivity index (χ4n) is 3.23. The quantitative estimate of drug-likeness (QED) is 0.685. The molecule has 1 unspecified atom stereocenters. The van der Waals surface area contributed by atoms with Gasteiger partial charge in [-0.15, -0.1) is 0 Å². The van der Waals surface area contributed by atoms with Crippen LogP contribution in [-0.4, -0.2) is 38.0 Å². The van der Waals surface area contributed by atoms with Gasteiger partial charge in [-0.25, -0.2) is 4.39 Å². The van der Waals surface area contributed by atoms with Gasteiger partial charge in [-0.1, -0.05) is 12.1 Å². The van der Waals surface area contributed by atoms with E-state index in [9.17, 15) is 14.0 Å². The van der Waals surface area contributed by atoms with Crippen molar-refractivity contribution in [2.45, 2.75) is 18.8 Å². The molecular weight excluding hydrogens is 345 g/mol. The van der Waals surface area contributed by atoms with E-state index in [2.05, 4.69) is 22.0 Å². The number of carbonyl (C=O) groups is 2. The minimum atomic E-state index is -0.384. The molecule has 1 heterocycles. The predicted molar refractivity (Wildman–Crippen MR) is 102 cm³/mol. The third kappa shape index (κ3) is 5.37. The van der Waals surface area contributed by atoms with E-state index in [1.807, 2.05) is 12.1 Å². The second-order valence-electron chi connectivity index (χ2n) is 6.69. The van der Waals surface area contributed by atoms with Gasteiger partial charge in [0.25, 0.3) is 11.8 Å². The summed E-state index contributed by atoms with van der Waals surface area (Å²) in [5.74, 6) is -0.390. The summed E-state index contributed by atoms with van der Waals surface area (Å²) in [5, 5.41) is 8.91. The fourth-order valence-corrected chi connectivity index (χ4v) is 3.23. The summed E-state index contributed by atoms with van der Waals surface area (Å²) < 4.78 is 12.9. The second-order valence-corrected chi connectivity index (χ2v) is 6.69. The lowest BCUT2D eigenvalue weighted by Crippen LogP contribution is -2.34. The van der Waals surface area contributed by atoms with Crippen molar-refractivity contribution in [1.82, 2.24) is 16.0 Å². The first-order valence-corrected chi connectivity index (χ1v) is 9.26. The number of carbonyl (C=O) groups excluding carboxylic acids is 2. The van der Waals surface area contributed by atoms with E-state index in [1.54, 1.807) is 6.07 Å². The molecule has 3 rings (SSSR count). The Kier molecular flexibility index (Phi) is 6.54. The van der Waals surface area contributed by atoms with Gasteiger partial charge in [0.05, 0.1) is 0 Å². The van der Waals surface area contributed by atoms with Crippen molar-refractivity contribution in [3.63, 3.8) is 0 Å². The smallest absolute Gasteiger partial charge is 0.251 e. The summed E-state index contributed by atoms with van der Waals surface area (Å²) in [4.78, 5) is 24.3. The van der Waals surface area contributed by atoms with Crippen LogP contribution >= 0.6 is 0 Å². The molecule has 2 amide bonds. The SMILES string of the molecule is O=C(NCCNC(=O)c1cccc(C2CCCNC2)c1)c1ccc(F)cc1. The highest BCUT2D eigenvalue weighted by molar-refractivity contribution is 5.95. The Balaban J connectivity index is 1.46. The monoisotopic (exact) mass is 369 g/mol. The molecule has 0 spiro atoms. The lowest BCUT2D eigenvalue weighted by Gasteiger charge is -2.23. The van der Waals surface area contributed by atoms with Gasteiger partial charge >= 0.3 is 0 Å². The van der Waals surface area contributed by atoms with Crippen LogP contribution < -0.4 is 16.0 Å². The van der Waals surface area contributed by atoms with Gasteiger partial charge in [0.2, 0.25) is 0 Å². The molecule has 1 aliphatic rings. The number of halogens is 1. The van der Waals surface area contributed by atoms with E-state index >= 15 is 0 Å². The number of piperidine rings is 1. The van der Waals surface area contributed by atoms with Crippen molar-refractivity contribution in [3.05, 3.63) is 71.0 Å². The topological polar surface area (TPSA) is 70.2 Å². The largest absolute Gasteiger partial charge is 0.350 e. The maximum atomic E-state index is 12.9. The molecule has 1 atom stereocenters. The zero-order chi connectivity index (χ0) is 19.1. The number of hydrogen-bond acceptors (Lipinski definition) is 3. The Labute approximate surface area is 158 Å². The van der Waals surface area contributed by atoms with Crippen LogP contribution in [-0.2, 0) is 0 Å². The van der Waals surface area contributed by atoms with Crippen molar-refractivity contribution in [3.8, 4) is 0 Å². The van der Waals surface area contributed by atoms with Crippen molar-refractivity contribution in [2.24, 2.45) is 0 Å². The molecular formula is C21H24FN3O2. The van der Waals surface area contributed by atoms with E-state index < -0.39 is 0 Å². The molecule has 142 valence electrons. The number of nitrogens with one attached hydrogen (secondary N) is 3. The van der Waals surface area contributed by atoms with Crippen molar-refractivity contribution >= 4 is 11.8 Å². The van der Waals surface area contributed by atoms with Crippen LogP contribution in [0.5, 0.6) is 0 Å². The molecule has 2 aromatic rings. The van der Waals surface area contributed by atoms with E-state index in [0.29, 0.717) is 30.1 Å². The van der Waals surface area contributed by atoms with Crippen LogP contribution in [0.2, 0.25) is 0 Å². The summed E-state index contributed by atoms with van der Waals surface area (Å²) in [7, 11) is 0. The molecule has 0 radical (unpaired) electrons. The van der Waals surface area contributed by atoms with Crippen molar-refractivity contribution < 1.29 is 14.0 Å². The molecule has 0 bridgehead atoms. The second kappa shape index (κ2) is 9.28. The van der Waals surface area contributed by atoms with Gasteiger partial charge in [-0.2, -0.15) is 0 Å². The van der Waals surface area contributed by atoms with E-state index in [1.165, 1.54) is 29.8 Å². The van der Waals surface area contributed by atoms with Gasteiger partial charge in [0.1, 0.15) is 5.82 Å². The highest BCUT2D eigenvalue weighted by Crippen LogP contribution is 2.23. The first kappa shape index (κ1) is 19.0. The third-order valence-corrected chi connectivity index (χ3v) is 4.72. The lowest BCUT2D eigenvalue weighted by molar-refractivity contribution is 0.0927. The maximum absolute atomic E-state index is 12.9. The molecule has 0 saturated carbocycles. The zero-order valence-corrected chi connectivity index (χ0v) is 15.1. The molecule has 3 N–H and O–H groups in total. The van der Waals surface area contributed by atoms with Crippen LogP contribution in [0, 0.1) is 5.82 Å². The van der Waals surface area contributed by atoms with E-state index in [0.717, 1.165) is 25.9 Å². The summed E-state index contributed by atoms with van der Waals surface area (Å²) in [6.07, 6.45) is 2.28. The van der Waals surface area contributed by atoms with Crippen LogP contribution in [0.25, 0.3) is 0 Å². The summed E-state index contributed by atoms with van der Waals surface area (Å²) in [5.41, 5.74) is 2.19. The minimum absolute atomic E-state index is 0.156. The Hall–Kier alpha value is -2.73. The third-order valence-electron chi connectivity index (χ3n) is 4.72. The summed E-state index contributed by atoms with van der Waals surface area (Å²) >= 11 is 0. The standard InChI is InChI=1S/C21H24FN3O2/c22-19-8-6-15(7-9-19)20(26)24-11-12-25-21(27)17-4-1-3-16(13-17)18-5-2-10-23-14-18/h1,3-4,6-9,13,18,23H,2,5,10-12,14H2,(H,24,26)(H,25,27). The van der Waals surface area contributed by atoms with Gasteiger partial charge in [-0.3, -0.25) is 9.59 Å². The number of benzene rings is 2. The van der Waals surface area contributed by atoms with Crippen LogP contribution in [0.4, 0.5) is 4.39 Å². The molecule has 6 heteroatoms. The Bertz CT molecular complexity index is 786. The van der Waals surface area contributed by atoms with Gasteiger partial charge in [0.15, 0.2) is 0 Å². The summed E-state index contributed by atoms with van der Waals surface area (Å²) in [6.45, 7) is 2.62. The Morgan fingerprint density at radius 2 is 1.70 bits per heavy atom. The molecule has 0 aromatic heterocycles. The lowest BCUT2D eigenvalue weighted by atomic mass is 9.90. The Morgan fingerprint density at radius 3 is 2.37 bits per heavy atom. The van der Waals surface area contributed by atoms with Crippen LogP contribution in [0.3, 0.4) is 0 Å². The number of hydrogen-bond donors (Lipinski definition) is 3. The first-order valence-electron chi connectivity index (χ1n) is 9.26. The minimum Gasteiger partial charge on any atom is -0.350 e. The fraction of sp³-hybridized carbons (Fsp3) is 0.333. The highest BCUT2D eigenvalue weighted by atomic mass is 19.1. The van der Waals surface area contributed by atoms with E-state index in [4.69, 9.17) is 0 Å². The van der Waals surface area contributed by atoms with Crippen LogP contribution in [0.1, 0.15) is 45.0 Å². The average molecular weight is 369 g/mol.